The summed E-state index contributed by atoms with van der Waals surface area (Å²) in [5, 5.41) is 0. The smallest absolute Gasteiger partial charge is 0.0148 e. The van der Waals surface area contributed by atoms with Gasteiger partial charge in [0.25, 0.3) is 0 Å². The van der Waals surface area contributed by atoms with E-state index in [0.29, 0.717) is 21.7 Å². The molecule has 25 heavy (non-hydrogen) atoms. The second-order valence-electron chi connectivity index (χ2n) is 12.4. The van der Waals surface area contributed by atoms with Crippen LogP contribution >= 0.6 is 0 Å². The van der Waals surface area contributed by atoms with E-state index in [4.69, 9.17) is 0 Å². The highest BCUT2D eigenvalue weighted by atomic mass is 14.9. The molecular weight excluding hydrogens is 300 g/mol. The molecule has 142 valence electrons. The minimum Gasteiger partial charge on any atom is -0.0651 e. The van der Waals surface area contributed by atoms with E-state index in [-0.39, 0.29) is 0 Å². The molecule has 0 heterocycles. The summed E-state index contributed by atoms with van der Waals surface area (Å²) in [5.41, 5.74) is 2.43. The van der Waals surface area contributed by atoms with Crippen molar-refractivity contribution in [2.75, 3.05) is 0 Å². The van der Waals surface area contributed by atoms with Gasteiger partial charge in [-0.05, 0) is 95.2 Å². The third kappa shape index (κ3) is 1.47. The summed E-state index contributed by atoms with van der Waals surface area (Å²) in [6.45, 7) is 18.7. The van der Waals surface area contributed by atoms with Crippen molar-refractivity contribution in [2.24, 2.45) is 63.1 Å². The Bertz CT molecular complexity index is 589. The fraction of sp³-hybridized carbons (Fsp3) is 1.00. The maximum atomic E-state index is 2.85. The van der Waals surface area contributed by atoms with Crippen LogP contribution in [0.25, 0.3) is 0 Å². The molecule has 0 aromatic rings. The molecule has 1 spiro atoms. The zero-order chi connectivity index (χ0) is 18.0. The van der Waals surface area contributed by atoms with Crippen LogP contribution < -0.4 is 0 Å². The Hall–Kier alpha value is 0. The van der Waals surface area contributed by atoms with Gasteiger partial charge in [-0.15, -0.1) is 0 Å². The van der Waals surface area contributed by atoms with Gasteiger partial charge in [0, 0.05) is 0 Å². The van der Waals surface area contributed by atoms with E-state index in [9.17, 15) is 0 Å². The summed E-state index contributed by atoms with van der Waals surface area (Å²) < 4.78 is 0. The molecule has 5 rings (SSSR count). The predicted molar refractivity (Wildman–Crippen MR) is 106 cm³/mol. The first-order chi connectivity index (χ1) is 11.7. The van der Waals surface area contributed by atoms with Crippen molar-refractivity contribution in [3.8, 4) is 0 Å². The zero-order valence-corrected chi connectivity index (χ0v) is 18.0. The molecule has 0 heteroatoms. The summed E-state index contributed by atoms with van der Waals surface area (Å²) in [6, 6.07) is 0. The van der Waals surface area contributed by atoms with Crippen LogP contribution in [0, 0.1) is 63.1 Å². The van der Waals surface area contributed by atoms with E-state index < -0.39 is 0 Å². The maximum absolute atomic E-state index is 2.85. The molecule has 5 aliphatic rings. The van der Waals surface area contributed by atoms with Crippen molar-refractivity contribution in [3.63, 3.8) is 0 Å². The largest absolute Gasteiger partial charge is 0.0651 e. The summed E-state index contributed by atoms with van der Waals surface area (Å²) in [6.07, 6.45) is 10.7. The minimum absolute atomic E-state index is 0.578. The summed E-state index contributed by atoms with van der Waals surface area (Å²) in [5.74, 6) is 6.98. The molecular formula is C25H42. The molecule has 5 fully saturated rings. The standard InChI is InChI=1S/C25H42/c1-8-16(3)21-17-14-25-19(11-9-10-18(17)22(25,4)5)20-12-15(2)13-23(20,6)24(21,25)7/h15-21H,8-14H2,1-7H3. The molecule has 10 atom stereocenters. The predicted octanol–water partition coefficient (Wildman–Crippen LogP) is 7.18. The fourth-order valence-corrected chi connectivity index (χ4v) is 11.6. The van der Waals surface area contributed by atoms with Gasteiger partial charge in [-0.2, -0.15) is 0 Å². The Morgan fingerprint density at radius 2 is 1.64 bits per heavy atom. The van der Waals surface area contributed by atoms with Gasteiger partial charge in [-0.1, -0.05) is 61.3 Å². The highest BCUT2D eigenvalue weighted by Gasteiger charge is 2.86. The third-order valence-electron chi connectivity index (χ3n) is 12.0. The Labute approximate surface area is 156 Å². The quantitative estimate of drug-likeness (QED) is 0.498. The van der Waals surface area contributed by atoms with Crippen LogP contribution in [0.5, 0.6) is 0 Å². The van der Waals surface area contributed by atoms with Gasteiger partial charge < -0.3 is 0 Å². The molecule has 10 unspecified atom stereocenters. The van der Waals surface area contributed by atoms with Crippen LogP contribution in [-0.4, -0.2) is 0 Å². The summed E-state index contributed by atoms with van der Waals surface area (Å²) in [4.78, 5) is 0. The normalized spacial score (nSPS) is 62.0. The van der Waals surface area contributed by atoms with Crippen LogP contribution in [0.1, 0.15) is 93.4 Å². The molecule has 5 aliphatic carbocycles. The van der Waals surface area contributed by atoms with E-state index in [2.05, 4.69) is 48.5 Å². The Morgan fingerprint density at radius 1 is 0.960 bits per heavy atom. The molecule has 0 aliphatic heterocycles. The molecule has 0 aromatic heterocycles. The SMILES string of the molecule is CCC(C)C1C2CC34C(CCCC2C3(C)C)C2CC(C)CC2(C)C14C. The lowest BCUT2D eigenvalue weighted by Crippen LogP contribution is -2.58. The number of hydrogen-bond acceptors (Lipinski definition) is 0. The highest BCUT2D eigenvalue weighted by Crippen LogP contribution is 2.92. The number of rotatable bonds is 2. The van der Waals surface area contributed by atoms with Gasteiger partial charge in [0.2, 0.25) is 0 Å². The lowest BCUT2D eigenvalue weighted by atomic mass is 9.41. The first kappa shape index (κ1) is 17.1. The average Bonchev–Trinajstić information content (AvgIpc) is 3.08. The van der Waals surface area contributed by atoms with Crippen LogP contribution in [-0.2, 0) is 0 Å². The molecule has 0 radical (unpaired) electrons. The second kappa shape index (κ2) is 4.70. The fourth-order valence-electron chi connectivity index (χ4n) is 11.6. The molecule has 3 bridgehead atoms. The molecule has 0 aromatic carbocycles. The Morgan fingerprint density at radius 3 is 2.32 bits per heavy atom. The number of fused-ring (bicyclic) bond motifs is 6. The number of hydrogen-bond donors (Lipinski definition) is 0. The van der Waals surface area contributed by atoms with Gasteiger partial charge in [0.15, 0.2) is 0 Å². The van der Waals surface area contributed by atoms with Gasteiger partial charge in [-0.25, -0.2) is 0 Å². The van der Waals surface area contributed by atoms with Crippen molar-refractivity contribution in [3.05, 3.63) is 0 Å². The van der Waals surface area contributed by atoms with Gasteiger partial charge in [0.1, 0.15) is 0 Å². The van der Waals surface area contributed by atoms with Crippen LogP contribution in [0.3, 0.4) is 0 Å². The van der Waals surface area contributed by atoms with Gasteiger partial charge >= 0.3 is 0 Å². The Balaban J connectivity index is 1.78. The van der Waals surface area contributed by atoms with Crippen molar-refractivity contribution in [1.82, 2.24) is 0 Å². The van der Waals surface area contributed by atoms with E-state index in [0.717, 1.165) is 41.4 Å². The maximum Gasteiger partial charge on any atom is -0.0148 e. The van der Waals surface area contributed by atoms with Crippen LogP contribution in [0.4, 0.5) is 0 Å². The topological polar surface area (TPSA) is 0 Å². The minimum atomic E-state index is 0.578. The van der Waals surface area contributed by atoms with E-state index in [1.54, 1.807) is 12.8 Å². The second-order valence-corrected chi connectivity index (χ2v) is 12.4. The van der Waals surface area contributed by atoms with Gasteiger partial charge in [-0.3, -0.25) is 0 Å². The van der Waals surface area contributed by atoms with Crippen molar-refractivity contribution >= 4 is 0 Å². The average molecular weight is 343 g/mol. The summed E-state index contributed by atoms with van der Waals surface area (Å²) >= 11 is 0. The van der Waals surface area contributed by atoms with E-state index in [1.165, 1.54) is 32.1 Å². The molecule has 0 saturated heterocycles. The first-order valence-corrected chi connectivity index (χ1v) is 11.7. The van der Waals surface area contributed by atoms with E-state index >= 15 is 0 Å². The monoisotopic (exact) mass is 342 g/mol. The van der Waals surface area contributed by atoms with Gasteiger partial charge in [0.05, 0.1) is 0 Å². The molecule has 5 saturated carbocycles. The van der Waals surface area contributed by atoms with Crippen molar-refractivity contribution in [2.45, 2.75) is 93.4 Å². The molecule has 0 amide bonds. The lowest BCUT2D eigenvalue weighted by molar-refractivity contribution is -0.156. The van der Waals surface area contributed by atoms with Crippen LogP contribution in [0.15, 0.2) is 0 Å². The lowest BCUT2D eigenvalue weighted by Gasteiger charge is -2.63. The first-order valence-electron chi connectivity index (χ1n) is 11.7. The van der Waals surface area contributed by atoms with Crippen LogP contribution in [0.2, 0.25) is 0 Å². The van der Waals surface area contributed by atoms with Crippen molar-refractivity contribution in [1.29, 1.82) is 0 Å². The third-order valence-corrected chi connectivity index (χ3v) is 12.0. The zero-order valence-electron chi connectivity index (χ0n) is 18.0. The highest BCUT2D eigenvalue weighted by molar-refractivity contribution is 5.33. The van der Waals surface area contributed by atoms with Crippen molar-refractivity contribution < 1.29 is 0 Å². The molecule has 0 nitrogen and oxygen atoms in total. The summed E-state index contributed by atoms with van der Waals surface area (Å²) in [7, 11) is 0. The Kier molecular flexibility index (Phi) is 3.22. The van der Waals surface area contributed by atoms with E-state index in [1.807, 2.05) is 0 Å². The molecule has 0 N–H and O–H groups in total.